The molecule has 2 aromatic carbocycles. The van der Waals surface area contributed by atoms with Gasteiger partial charge in [-0.15, -0.1) is 0 Å². The normalized spacial score (nSPS) is 10.8. The van der Waals surface area contributed by atoms with E-state index in [0.717, 1.165) is 22.1 Å². The zero-order chi connectivity index (χ0) is 13.1. The molecule has 0 bridgehead atoms. The minimum atomic E-state index is -0.311. The monoisotopic (exact) mass is 243 g/mol. The Labute approximate surface area is 107 Å². The van der Waals surface area contributed by atoms with Crippen LogP contribution in [0.25, 0.3) is 10.8 Å². The van der Waals surface area contributed by atoms with Crippen LogP contribution >= 0.6 is 0 Å². The predicted octanol–water partition coefficient (Wildman–Crippen LogP) is 2.65. The lowest BCUT2D eigenvalue weighted by molar-refractivity contribution is -0.117. The van der Waals surface area contributed by atoms with Gasteiger partial charge in [0.1, 0.15) is 5.75 Å². The van der Waals surface area contributed by atoms with Gasteiger partial charge in [0, 0.05) is 0 Å². The SMILES string of the molecule is CC(C)Oc1ccc2cc(CC(N)=O)ccc2c1. The molecule has 0 aromatic heterocycles. The first-order valence-electron chi connectivity index (χ1n) is 6.02. The summed E-state index contributed by atoms with van der Waals surface area (Å²) in [5.74, 6) is 0.550. The van der Waals surface area contributed by atoms with E-state index in [4.69, 9.17) is 10.5 Å². The van der Waals surface area contributed by atoms with Gasteiger partial charge in [-0.25, -0.2) is 0 Å². The van der Waals surface area contributed by atoms with E-state index in [-0.39, 0.29) is 18.4 Å². The molecule has 18 heavy (non-hydrogen) atoms. The number of fused-ring (bicyclic) bond motifs is 1. The first-order chi connectivity index (χ1) is 8.54. The average molecular weight is 243 g/mol. The van der Waals surface area contributed by atoms with E-state index in [9.17, 15) is 4.79 Å². The molecule has 0 fully saturated rings. The van der Waals surface area contributed by atoms with Crippen LogP contribution in [0.15, 0.2) is 36.4 Å². The maximum atomic E-state index is 10.9. The highest BCUT2D eigenvalue weighted by Gasteiger charge is 2.03. The summed E-state index contributed by atoms with van der Waals surface area (Å²) in [6, 6.07) is 11.8. The van der Waals surface area contributed by atoms with E-state index in [1.54, 1.807) is 0 Å². The standard InChI is InChI=1S/C15H17NO2/c1-10(2)18-14-6-5-12-7-11(8-15(16)17)3-4-13(12)9-14/h3-7,9-10H,8H2,1-2H3,(H2,16,17). The number of rotatable bonds is 4. The Morgan fingerprint density at radius 1 is 1.17 bits per heavy atom. The number of hydrogen-bond donors (Lipinski definition) is 1. The van der Waals surface area contributed by atoms with Crippen LogP contribution in [-0.2, 0) is 11.2 Å². The Morgan fingerprint density at radius 3 is 2.50 bits per heavy atom. The molecule has 3 heteroatoms. The zero-order valence-corrected chi connectivity index (χ0v) is 10.6. The van der Waals surface area contributed by atoms with Crippen molar-refractivity contribution in [1.82, 2.24) is 0 Å². The van der Waals surface area contributed by atoms with Crippen molar-refractivity contribution >= 4 is 16.7 Å². The van der Waals surface area contributed by atoms with Crippen molar-refractivity contribution in [1.29, 1.82) is 0 Å². The summed E-state index contributed by atoms with van der Waals surface area (Å²) in [5, 5.41) is 2.19. The highest BCUT2D eigenvalue weighted by molar-refractivity contribution is 5.86. The molecule has 0 unspecified atom stereocenters. The lowest BCUT2D eigenvalue weighted by atomic mass is 10.0. The number of ether oxygens (including phenoxy) is 1. The van der Waals surface area contributed by atoms with Crippen molar-refractivity contribution in [3.8, 4) is 5.75 Å². The Bertz CT molecular complexity index is 576. The van der Waals surface area contributed by atoms with E-state index in [2.05, 4.69) is 0 Å². The minimum Gasteiger partial charge on any atom is -0.491 e. The number of nitrogens with two attached hydrogens (primary N) is 1. The molecule has 2 N–H and O–H groups in total. The van der Waals surface area contributed by atoms with Gasteiger partial charge < -0.3 is 10.5 Å². The van der Waals surface area contributed by atoms with Gasteiger partial charge in [0.2, 0.25) is 5.91 Å². The molecule has 0 aliphatic rings. The minimum absolute atomic E-state index is 0.164. The van der Waals surface area contributed by atoms with Crippen LogP contribution in [0.3, 0.4) is 0 Å². The lowest BCUT2D eigenvalue weighted by Gasteiger charge is -2.10. The molecular formula is C15H17NO2. The zero-order valence-electron chi connectivity index (χ0n) is 10.6. The van der Waals surface area contributed by atoms with Crippen molar-refractivity contribution in [3.05, 3.63) is 42.0 Å². The van der Waals surface area contributed by atoms with E-state index >= 15 is 0 Å². The highest BCUT2D eigenvalue weighted by atomic mass is 16.5. The Morgan fingerprint density at radius 2 is 1.83 bits per heavy atom. The third-order valence-electron chi connectivity index (χ3n) is 2.63. The van der Waals surface area contributed by atoms with Crippen LogP contribution in [0.4, 0.5) is 0 Å². The number of carbonyl (C=O) groups is 1. The molecule has 2 rings (SSSR count). The molecular weight excluding hydrogens is 226 g/mol. The van der Waals surface area contributed by atoms with Crippen LogP contribution in [-0.4, -0.2) is 12.0 Å². The summed E-state index contributed by atoms with van der Waals surface area (Å²) in [4.78, 5) is 10.9. The van der Waals surface area contributed by atoms with Gasteiger partial charge in [0.05, 0.1) is 12.5 Å². The van der Waals surface area contributed by atoms with Crippen LogP contribution in [0, 0.1) is 0 Å². The van der Waals surface area contributed by atoms with E-state index in [1.165, 1.54) is 0 Å². The maximum absolute atomic E-state index is 10.9. The summed E-state index contributed by atoms with van der Waals surface area (Å²) >= 11 is 0. The molecule has 3 nitrogen and oxygen atoms in total. The lowest BCUT2D eigenvalue weighted by Crippen LogP contribution is -2.13. The van der Waals surface area contributed by atoms with Crippen molar-refractivity contribution in [3.63, 3.8) is 0 Å². The molecule has 0 radical (unpaired) electrons. The van der Waals surface area contributed by atoms with Crippen molar-refractivity contribution in [2.24, 2.45) is 5.73 Å². The fourth-order valence-electron chi connectivity index (χ4n) is 1.93. The summed E-state index contributed by atoms with van der Waals surface area (Å²) < 4.78 is 5.64. The first-order valence-corrected chi connectivity index (χ1v) is 6.02. The second-order valence-electron chi connectivity index (χ2n) is 4.65. The molecule has 0 aliphatic heterocycles. The molecule has 0 spiro atoms. The largest absolute Gasteiger partial charge is 0.491 e. The molecule has 0 atom stereocenters. The summed E-state index contributed by atoms with van der Waals surface area (Å²) in [7, 11) is 0. The summed E-state index contributed by atoms with van der Waals surface area (Å²) in [6.07, 6.45) is 0.441. The second kappa shape index (κ2) is 5.08. The van der Waals surface area contributed by atoms with Gasteiger partial charge in [-0.05, 0) is 42.3 Å². The van der Waals surface area contributed by atoms with Gasteiger partial charge in [0.25, 0.3) is 0 Å². The molecule has 0 aliphatic carbocycles. The molecule has 0 saturated carbocycles. The smallest absolute Gasteiger partial charge is 0.221 e. The average Bonchev–Trinajstić information content (AvgIpc) is 2.27. The van der Waals surface area contributed by atoms with Gasteiger partial charge in [-0.1, -0.05) is 24.3 Å². The summed E-state index contributed by atoms with van der Waals surface area (Å²) in [6.45, 7) is 4.00. The number of carbonyl (C=O) groups excluding carboxylic acids is 1. The number of primary amides is 1. The van der Waals surface area contributed by atoms with Gasteiger partial charge in [-0.2, -0.15) is 0 Å². The fourth-order valence-corrected chi connectivity index (χ4v) is 1.93. The van der Waals surface area contributed by atoms with Crippen molar-refractivity contribution in [2.75, 3.05) is 0 Å². The van der Waals surface area contributed by atoms with Gasteiger partial charge in [-0.3, -0.25) is 4.79 Å². The third kappa shape index (κ3) is 3.00. The van der Waals surface area contributed by atoms with E-state index in [0.29, 0.717) is 0 Å². The van der Waals surface area contributed by atoms with Gasteiger partial charge in [0.15, 0.2) is 0 Å². The van der Waals surface area contributed by atoms with E-state index in [1.807, 2.05) is 50.2 Å². The second-order valence-corrected chi connectivity index (χ2v) is 4.65. The van der Waals surface area contributed by atoms with Crippen LogP contribution in [0.2, 0.25) is 0 Å². The molecule has 94 valence electrons. The van der Waals surface area contributed by atoms with Crippen LogP contribution in [0.1, 0.15) is 19.4 Å². The van der Waals surface area contributed by atoms with Crippen molar-refractivity contribution in [2.45, 2.75) is 26.4 Å². The molecule has 1 amide bonds. The quantitative estimate of drug-likeness (QED) is 0.897. The molecule has 0 saturated heterocycles. The number of benzene rings is 2. The number of amides is 1. The van der Waals surface area contributed by atoms with Crippen LogP contribution < -0.4 is 10.5 Å². The first kappa shape index (κ1) is 12.4. The van der Waals surface area contributed by atoms with Crippen molar-refractivity contribution < 1.29 is 9.53 Å². The summed E-state index contributed by atoms with van der Waals surface area (Å²) in [5.41, 5.74) is 6.13. The Balaban J connectivity index is 2.32. The van der Waals surface area contributed by atoms with Gasteiger partial charge >= 0.3 is 0 Å². The third-order valence-corrected chi connectivity index (χ3v) is 2.63. The molecule has 0 heterocycles. The highest BCUT2D eigenvalue weighted by Crippen LogP contribution is 2.23. The Kier molecular flexibility index (Phi) is 3.51. The maximum Gasteiger partial charge on any atom is 0.221 e. The van der Waals surface area contributed by atoms with E-state index < -0.39 is 0 Å². The predicted molar refractivity (Wildman–Crippen MR) is 72.6 cm³/mol. The molecule has 2 aromatic rings. The number of hydrogen-bond acceptors (Lipinski definition) is 2. The topological polar surface area (TPSA) is 52.3 Å². The van der Waals surface area contributed by atoms with Crippen LogP contribution in [0.5, 0.6) is 5.75 Å². The fraction of sp³-hybridized carbons (Fsp3) is 0.267. The Hall–Kier alpha value is -2.03.